The van der Waals surface area contributed by atoms with Gasteiger partial charge in [-0.15, -0.1) is 0 Å². The third-order valence-corrected chi connectivity index (χ3v) is 3.44. The monoisotopic (exact) mass is 284 g/mol. The van der Waals surface area contributed by atoms with Crippen molar-refractivity contribution in [1.29, 1.82) is 0 Å². The molecule has 0 heterocycles. The minimum Gasteiger partial charge on any atom is -0.393 e. The molecule has 0 bridgehead atoms. The van der Waals surface area contributed by atoms with E-state index in [0.29, 0.717) is 23.0 Å². The summed E-state index contributed by atoms with van der Waals surface area (Å²) >= 11 is 10.8. The van der Waals surface area contributed by atoms with Gasteiger partial charge in [-0.05, 0) is 17.7 Å². The number of benzene rings is 1. The average molecular weight is 285 g/mol. The normalized spacial score (nSPS) is 11.1. The third kappa shape index (κ3) is 4.63. The van der Waals surface area contributed by atoms with Crippen molar-refractivity contribution in [3.8, 4) is 0 Å². The zero-order valence-electron chi connectivity index (χ0n) is 10.5. The molecule has 0 atom stereocenters. The number of nitrogens with one attached hydrogen (secondary N) is 1. The fraction of sp³-hybridized carbons (Fsp3) is 0.385. The lowest BCUT2D eigenvalue weighted by Gasteiger charge is -2.23. The van der Waals surface area contributed by atoms with Gasteiger partial charge < -0.3 is 11.1 Å². The van der Waals surface area contributed by atoms with Crippen LogP contribution in [0, 0.1) is 5.41 Å². The van der Waals surface area contributed by atoms with Crippen molar-refractivity contribution in [3.05, 3.63) is 34.9 Å². The van der Waals surface area contributed by atoms with Gasteiger partial charge in [-0.2, -0.15) is 0 Å². The van der Waals surface area contributed by atoms with Crippen molar-refractivity contribution in [2.75, 3.05) is 6.54 Å². The number of amides is 1. The summed E-state index contributed by atoms with van der Waals surface area (Å²) in [5, 5.41) is 3.45. The summed E-state index contributed by atoms with van der Waals surface area (Å²) in [6.45, 7) is 4.23. The smallest absolute Gasteiger partial charge is 0.224 e. The lowest BCUT2D eigenvalue weighted by Crippen LogP contribution is -2.41. The number of thiocarbonyl (C=S) groups is 1. The molecular weight excluding hydrogens is 268 g/mol. The number of rotatable bonds is 5. The lowest BCUT2D eigenvalue weighted by molar-refractivity contribution is -0.120. The fourth-order valence-corrected chi connectivity index (χ4v) is 1.59. The molecule has 5 heteroatoms. The molecule has 3 N–H and O–H groups in total. The predicted molar refractivity (Wildman–Crippen MR) is 78.7 cm³/mol. The Labute approximate surface area is 118 Å². The first-order valence-electron chi connectivity index (χ1n) is 5.62. The molecule has 18 heavy (non-hydrogen) atoms. The number of hydrogen-bond acceptors (Lipinski definition) is 2. The van der Waals surface area contributed by atoms with Crippen LogP contribution < -0.4 is 11.1 Å². The van der Waals surface area contributed by atoms with Crippen LogP contribution in [0.1, 0.15) is 19.4 Å². The molecule has 0 aromatic heterocycles. The highest BCUT2D eigenvalue weighted by atomic mass is 35.5. The molecule has 0 spiro atoms. The van der Waals surface area contributed by atoms with Crippen LogP contribution in [0.15, 0.2) is 24.3 Å². The van der Waals surface area contributed by atoms with Crippen LogP contribution >= 0.6 is 23.8 Å². The maximum Gasteiger partial charge on any atom is 0.224 e. The standard InChI is InChI=1S/C13H17ClN2OS/c1-13(2,12(15)18)8-16-11(17)7-9-4-3-5-10(14)6-9/h3-6H,7-8H2,1-2H3,(H2,15,18)(H,16,17). The first kappa shape index (κ1) is 14.9. The quantitative estimate of drug-likeness (QED) is 0.816. The van der Waals surface area contributed by atoms with E-state index in [1.54, 1.807) is 12.1 Å². The van der Waals surface area contributed by atoms with Crippen LogP contribution in [0.25, 0.3) is 0 Å². The van der Waals surface area contributed by atoms with E-state index in [0.717, 1.165) is 5.56 Å². The van der Waals surface area contributed by atoms with Crippen molar-refractivity contribution < 1.29 is 4.79 Å². The Morgan fingerprint density at radius 3 is 2.72 bits per heavy atom. The maximum atomic E-state index is 11.8. The van der Waals surface area contributed by atoms with Gasteiger partial charge in [0.25, 0.3) is 0 Å². The topological polar surface area (TPSA) is 55.1 Å². The van der Waals surface area contributed by atoms with E-state index < -0.39 is 0 Å². The van der Waals surface area contributed by atoms with E-state index in [9.17, 15) is 4.79 Å². The Morgan fingerprint density at radius 2 is 2.17 bits per heavy atom. The SMILES string of the molecule is CC(C)(CNC(=O)Cc1cccc(Cl)c1)C(N)=S. The molecule has 3 nitrogen and oxygen atoms in total. The van der Waals surface area contributed by atoms with Gasteiger partial charge in [-0.1, -0.05) is 49.8 Å². The largest absolute Gasteiger partial charge is 0.393 e. The van der Waals surface area contributed by atoms with E-state index in [-0.39, 0.29) is 11.3 Å². The molecule has 98 valence electrons. The van der Waals surface area contributed by atoms with Crippen LogP contribution in [0.2, 0.25) is 5.02 Å². The van der Waals surface area contributed by atoms with Crippen molar-refractivity contribution in [1.82, 2.24) is 5.32 Å². The van der Waals surface area contributed by atoms with Gasteiger partial charge in [-0.25, -0.2) is 0 Å². The molecule has 1 aromatic rings. The Balaban J connectivity index is 2.50. The van der Waals surface area contributed by atoms with Crippen molar-refractivity contribution in [2.24, 2.45) is 11.1 Å². The van der Waals surface area contributed by atoms with E-state index in [1.165, 1.54) is 0 Å². The Hall–Kier alpha value is -1.13. The molecule has 0 aliphatic heterocycles. The van der Waals surface area contributed by atoms with Crippen LogP contribution in [-0.4, -0.2) is 17.4 Å². The number of halogens is 1. The first-order chi connectivity index (χ1) is 8.31. The molecule has 1 aromatic carbocycles. The summed E-state index contributed by atoms with van der Waals surface area (Å²) in [4.78, 5) is 12.1. The molecule has 0 saturated carbocycles. The van der Waals surface area contributed by atoms with Gasteiger partial charge in [0.05, 0.1) is 11.4 Å². The summed E-state index contributed by atoms with van der Waals surface area (Å²) in [5.74, 6) is -0.0680. The number of hydrogen-bond donors (Lipinski definition) is 2. The molecule has 0 radical (unpaired) electrons. The highest BCUT2D eigenvalue weighted by Gasteiger charge is 2.21. The minimum atomic E-state index is -0.376. The van der Waals surface area contributed by atoms with Crippen LogP contribution in [-0.2, 0) is 11.2 Å². The third-order valence-electron chi connectivity index (χ3n) is 2.65. The fourth-order valence-electron chi connectivity index (χ4n) is 1.30. The zero-order chi connectivity index (χ0) is 13.8. The first-order valence-corrected chi connectivity index (χ1v) is 6.41. The van der Waals surface area contributed by atoms with Crippen LogP contribution in [0.4, 0.5) is 0 Å². The van der Waals surface area contributed by atoms with Crippen LogP contribution in [0.3, 0.4) is 0 Å². The number of carbonyl (C=O) groups is 1. The van der Waals surface area contributed by atoms with Gasteiger partial charge in [-0.3, -0.25) is 4.79 Å². The molecular formula is C13H17ClN2OS. The van der Waals surface area contributed by atoms with Crippen molar-refractivity contribution in [2.45, 2.75) is 20.3 Å². The lowest BCUT2D eigenvalue weighted by atomic mass is 9.93. The summed E-state index contributed by atoms with van der Waals surface area (Å²) in [5.41, 5.74) is 6.10. The van der Waals surface area contributed by atoms with E-state index >= 15 is 0 Å². The molecule has 0 fully saturated rings. The van der Waals surface area contributed by atoms with Gasteiger partial charge in [0.2, 0.25) is 5.91 Å². The highest BCUT2D eigenvalue weighted by molar-refractivity contribution is 7.80. The molecule has 1 amide bonds. The van der Waals surface area contributed by atoms with Gasteiger partial charge >= 0.3 is 0 Å². The molecule has 0 aliphatic carbocycles. The maximum absolute atomic E-state index is 11.8. The number of nitrogens with two attached hydrogens (primary N) is 1. The second-order valence-corrected chi connectivity index (χ2v) is 5.71. The van der Waals surface area contributed by atoms with Gasteiger partial charge in [0.15, 0.2) is 0 Å². The summed E-state index contributed by atoms with van der Waals surface area (Å²) in [7, 11) is 0. The molecule has 1 rings (SSSR count). The minimum absolute atomic E-state index is 0.0680. The Bertz CT molecular complexity index is 460. The van der Waals surface area contributed by atoms with Gasteiger partial charge in [0, 0.05) is 17.0 Å². The Morgan fingerprint density at radius 1 is 1.50 bits per heavy atom. The van der Waals surface area contributed by atoms with E-state index in [2.05, 4.69) is 5.32 Å². The van der Waals surface area contributed by atoms with Crippen molar-refractivity contribution in [3.63, 3.8) is 0 Å². The Kier molecular flexibility index (Phi) is 5.11. The molecule has 0 saturated heterocycles. The van der Waals surface area contributed by atoms with E-state index in [1.807, 2.05) is 26.0 Å². The number of carbonyl (C=O) groups excluding carboxylic acids is 1. The zero-order valence-corrected chi connectivity index (χ0v) is 12.1. The average Bonchev–Trinajstić information content (AvgIpc) is 2.26. The second kappa shape index (κ2) is 6.16. The van der Waals surface area contributed by atoms with Crippen LogP contribution in [0.5, 0.6) is 0 Å². The summed E-state index contributed by atoms with van der Waals surface area (Å²) in [6, 6.07) is 7.24. The van der Waals surface area contributed by atoms with Crippen molar-refractivity contribution >= 4 is 34.7 Å². The molecule has 0 aliphatic rings. The van der Waals surface area contributed by atoms with E-state index in [4.69, 9.17) is 29.6 Å². The second-order valence-electron chi connectivity index (χ2n) is 4.83. The highest BCUT2D eigenvalue weighted by Crippen LogP contribution is 2.14. The predicted octanol–water partition coefficient (Wildman–Crippen LogP) is 2.31. The summed E-state index contributed by atoms with van der Waals surface area (Å²) in [6.07, 6.45) is 0.300. The molecule has 0 unspecified atom stereocenters. The summed E-state index contributed by atoms with van der Waals surface area (Å²) < 4.78 is 0. The van der Waals surface area contributed by atoms with Gasteiger partial charge in [0.1, 0.15) is 0 Å².